The van der Waals surface area contributed by atoms with Gasteiger partial charge in [0.05, 0.1) is 19.8 Å². The summed E-state index contributed by atoms with van der Waals surface area (Å²) in [6.07, 6.45) is 39.1. The van der Waals surface area contributed by atoms with Crippen molar-refractivity contribution in [1.82, 2.24) is 0 Å². The number of phosphoric ester groups is 1. The van der Waals surface area contributed by atoms with Crippen molar-refractivity contribution in [3.8, 4) is 0 Å². The van der Waals surface area contributed by atoms with Crippen LogP contribution in [0.25, 0.3) is 0 Å². The maximum Gasteiger partial charge on any atom is 0.472 e. The molecule has 0 spiro atoms. The average Bonchev–Trinajstić information content (AvgIpc) is 3.13. The van der Waals surface area contributed by atoms with E-state index in [-0.39, 0.29) is 19.4 Å². The van der Waals surface area contributed by atoms with Crippen molar-refractivity contribution < 1.29 is 47.8 Å². The lowest BCUT2D eigenvalue weighted by molar-refractivity contribution is -0.161. The molecule has 3 N–H and O–H groups in total. The monoisotopic (exact) mass is 754 g/mol. The molecule has 0 aliphatic rings. The fourth-order valence-electron chi connectivity index (χ4n) is 4.86. The normalized spacial score (nSPS) is 14.6. The summed E-state index contributed by atoms with van der Waals surface area (Å²) in [5, 5.41) is 18.3. The summed E-state index contributed by atoms with van der Waals surface area (Å²) in [5.41, 5.74) is 0. The van der Waals surface area contributed by atoms with Crippen LogP contribution in [0.2, 0.25) is 0 Å². The lowest BCUT2D eigenvalue weighted by Gasteiger charge is -2.20. The Hall–Kier alpha value is -2.33. The van der Waals surface area contributed by atoms with Gasteiger partial charge in [0, 0.05) is 12.8 Å². The third-order valence-electron chi connectivity index (χ3n) is 7.91. The van der Waals surface area contributed by atoms with Crippen molar-refractivity contribution in [2.24, 2.45) is 0 Å². The summed E-state index contributed by atoms with van der Waals surface area (Å²) in [6.45, 7) is 2.17. The van der Waals surface area contributed by atoms with Crippen LogP contribution in [0, 0.1) is 0 Å². The Labute approximate surface area is 315 Å². The third kappa shape index (κ3) is 36.0. The number of unbranched alkanes of at least 4 members (excludes halogenated alkanes) is 12. The minimum absolute atomic E-state index is 0.128. The van der Waals surface area contributed by atoms with Gasteiger partial charge in [-0.1, -0.05) is 120 Å². The molecule has 52 heavy (non-hydrogen) atoms. The Bertz CT molecular complexity index is 1050. The molecule has 0 bridgehead atoms. The van der Waals surface area contributed by atoms with Gasteiger partial charge in [-0.25, -0.2) is 4.57 Å². The fraction of sp³-hybridized carbons (Fsp3) is 0.707. The molecule has 0 rings (SSSR count). The largest absolute Gasteiger partial charge is 0.472 e. The molecule has 10 nitrogen and oxygen atoms in total. The highest BCUT2D eigenvalue weighted by Gasteiger charge is 2.27. The molecule has 0 aliphatic carbocycles. The molecule has 300 valence electrons. The molecule has 1 unspecified atom stereocenters. The Morgan fingerprint density at radius 2 is 1.06 bits per heavy atom. The van der Waals surface area contributed by atoms with Crippen molar-refractivity contribution in [2.75, 3.05) is 26.4 Å². The molecule has 3 atom stereocenters. The summed E-state index contributed by atoms with van der Waals surface area (Å²) < 4.78 is 32.6. The molecule has 0 aromatic carbocycles. The lowest BCUT2D eigenvalue weighted by Crippen LogP contribution is -2.29. The van der Waals surface area contributed by atoms with Gasteiger partial charge >= 0.3 is 19.8 Å². The number of carbonyl (C=O) groups is 2. The first kappa shape index (κ1) is 49.7. The number of allylic oxidation sites excluding steroid dienone is 10. The maximum absolute atomic E-state index is 12.5. The summed E-state index contributed by atoms with van der Waals surface area (Å²) in [4.78, 5) is 34.8. The molecular weight excluding hydrogens is 683 g/mol. The van der Waals surface area contributed by atoms with Gasteiger partial charge in [0.25, 0.3) is 0 Å². The van der Waals surface area contributed by atoms with Gasteiger partial charge in [0.2, 0.25) is 0 Å². The molecule has 0 radical (unpaired) electrons. The van der Waals surface area contributed by atoms with Gasteiger partial charge in [-0.05, 0) is 77.0 Å². The highest BCUT2D eigenvalue weighted by atomic mass is 31.2. The van der Waals surface area contributed by atoms with Crippen LogP contribution in [0.1, 0.15) is 149 Å². The standard InChI is InChI=1S/C41H71O10P/c1-3-5-7-9-11-13-15-17-19-21-23-25-27-29-31-33-41(45)51-39(37-50-52(46,47)49-35-38(43)34-42)36-48-40(44)32-30-28-26-24-22-20-18-16-14-12-10-8-6-4-2/h5,7,11,13,16-19,23,25,38-39,42-43H,3-4,6,8-10,12,14-15,20-22,24,26-37H2,1-2H3,(H,46,47)/b7-5-,13-11-,18-16-,19-17-,25-23-/t38-,39+/m0/s1. The quantitative estimate of drug-likeness (QED) is 0.0244. The number of hydrogen-bond acceptors (Lipinski definition) is 9. The number of aliphatic hydroxyl groups is 2. The van der Waals surface area contributed by atoms with Crippen molar-refractivity contribution in [1.29, 1.82) is 0 Å². The number of rotatable bonds is 36. The SMILES string of the molecule is CC/C=C\C/C=C\C/C=C\C/C=C\CCCCC(=O)O[C@H](COC(=O)CCCCCCC/C=C\CCCCCCC)COP(=O)(O)OC[C@@H](O)CO. The number of phosphoric acid groups is 1. The summed E-state index contributed by atoms with van der Waals surface area (Å²) >= 11 is 0. The third-order valence-corrected chi connectivity index (χ3v) is 8.86. The van der Waals surface area contributed by atoms with Crippen molar-refractivity contribution >= 4 is 19.8 Å². The van der Waals surface area contributed by atoms with E-state index in [1.165, 1.54) is 32.1 Å². The van der Waals surface area contributed by atoms with E-state index < -0.39 is 51.8 Å². The molecule has 0 aliphatic heterocycles. The molecule has 0 amide bonds. The summed E-state index contributed by atoms with van der Waals surface area (Å²) in [5.74, 6) is -0.989. The van der Waals surface area contributed by atoms with Gasteiger partial charge in [-0.3, -0.25) is 18.6 Å². The van der Waals surface area contributed by atoms with Crippen LogP contribution in [0.5, 0.6) is 0 Å². The fourth-order valence-corrected chi connectivity index (χ4v) is 5.65. The second-order valence-corrected chi connectivity index (χ2v) is 14.4. The molecule has 0 fully saturated rings. The zero-order valence-electron chi connectivity index (χ0n) is 32.3. The summed E-state index contributed by atoms with van der Waals surface area (Å²) in [7, 11) is -4.63. The van der Waals surface area contributed by atoms with Crippen LogP contribution in [0.3, 0.4) is 0 Å². The van der Waals surface area contributed by atoms with Gasteiger partial charge in [0.1, 0.15) is 12.7 Å². The highest BCUT2D eigenvalue weighted by Crippen LogP contribution is 2.43. The predicted octanol–water partition coefficient (Wildman–Crippen LogP) is 9.94. The van der Waals surface area contributed by atoms with E-state index in [2.05, 4.69) is 79.1 Å². The Morgan fingerprint density at radius 3 is 1.65 bits per heavy atom. The maximum atomic E-state index is 12.5. The Morgan fingerprint density at radius 1 is 0.596 bits per heavy atom. The van der Waals surface area contributed by atoms with Crippen LogP contribution in [0.4, 0.5) is 0 Å². The minimum Gasteiger partial charge on any atom is -0.462 e. The van der Waals surface area contributed by atoms with E-state index in [4.69, 9.17) is 19.1 Å². The van der Waals surface area contributed by atoms with E-state index in [0.29, 0.717) is 12.8 Å². The van der Waals surface area contributed by atoms with Gasteiger partial charge < -0.3 is 24.6 Å². The van der Waals surface area contributed by atoms with Crippen LogP contribution >= 0.6 is 7.82 Å². The van der Waals surface area contributed by atoms with E-state index in [1.807, 2.05) is 0 Å². The van der Waals surface area contributed by atoms with Gasteiger partial charge in [-0.2, -0.15) is 0 Å². The topological polar surface area (TPSA) is 149 Å². The molecule has 0 saturated carbocycles. The van der Waals surface area contributed by atoms with E-state index in [9.17, 15) is 24.2 Å². The molecule has 0 aromatic heterocycles. The van der Waals surface area contributed by atoms with E-state index in [0.717, 1.165) is 77.0 Å². The first-order chi connectivity index (χ1) is 25.2. The minimum atomic E-state index is -4.63. The number of esters is 2. The number of aliphatic hydroxyl groups excluding tert-OH is 2. The lowest BCUT2D eigenvalue weighted by atomic mass is 10.1. The van der Waals surface area contributed by atoms with Crippen LogP contribution < -0.4 is 0 Å². The van der Waals surface area contributed by atoms with Crippen LogP contribution in [-0.2, 0) is 32.7 Å². The van der Waals surface area contributed by atoms with Crippen molar-refractivity contribution in [3.63, 3.8) is 0 Å². The number of carbonyl (C=O) groups excluding carboxylic acids is 2. The average molecular weight is 755 g/mol. The highest BCUT2D eigenvalue weighted by molar-refractivity contribution is 7.47. The van der Waals surface area contributed by atoms with Crippen molar-refractivity contribution in [2.45, 2.75) is 161 Å². The summed E-state index contributed by atoms with van der Waals surface area (Å²) in [6, 6.07) is 0. The zero-order chi connectivity index (χ0) is 38.4. The second-order valence-electron chi connectivity index (χ2n) is 12.9. The van der Waals surface area contributed by atoms with Crippen LogP contribution in [0.15, 0.2) is 60.8 Å². The first-order valence-electron chi connectivity index (χ1n) is 19.7. The number of ether oxygens (including phenoxy) is 2. The predicted molar refractivity (Wildman–Crippen MR) is 210 cm³/mol. The molecule has 0 aromatic rings. The second kappa shape index (κ2) is 37.0. The van der Waals surface area contributed by atoms with Gasteiger partial charge in [0.15, 0.2) is 6.10 Å². The smallest absolute Gasteiger partial charge is 0.462 e. The zero-order valence-corrected chi connectivity index (χ0v) is 33.1. The molecular formula is C41H71O10P. The number of hydrogen-bond donors (Lipinski definition) is 3. The molecule has 0 heterocycles. The van der Waals surface area contributed by atoms with Crippen molar-refractivity contribution in [3.05, 3.63) is 60.8 Å². The Balaban J connectivity index is 4.45. The molecule has 0 saturated heterocycles. The first-order valence-corrected chi connectivity index (χ1v) is 21.2. The molecule has 11 heteroatoms. The Kier molecular flexibility index (Phi) is 35.3. The van der Waals surface area contributed by atoms with Gasteiger partial charge in [-0.15, -0.1) is 0 Å². The van der Waals surface area contributed by atoms with E-state index in [1.54, 1.807) is 0 Å². The van der Waals surface area contributed by atoms with Crippen LogP contribution in [-0.4, -0.2) is 65.7 Å². The van der Waals surface area contributed by atoms with E-state index >= 15 is 0 Å².